The summed E-state index contributed by atoms with van der Waals surface area (Å²) in [6, 6.07) is 8.21. The highest BCUT2D eigenvalue weighted by Gasteiger charge is 2.43. The molecule has 1 aromatic carbocycles. The molecule has 0 aliphatic heterocycles. The van der Waals surface area contributed by atoms with Crippen LogP contribution >= 0.6 is 19.4 Å². The van der Waals surface area contributed by atoms with Crippen LogP contribution in [0, 0.1) is 5.92 Å². The Morgan fingerprint density at radius 1 is 1.11 bits per heavy atom. The smallest absolute Gasteiger partial charge is 0.353 e. The van der Waals surface area contributed by atoms with Gasteiger partial charge in [-0.05, 0) is 31.9 Å². The van der Waals surface area contributed by atoms with E-state index in [4.69, 9.17) is 13.8 Å². The lowest BCUT2D eigenvalue weighted by molar-refractivity contribution is -0.146. The summed E-state index contributed by atoms with van der Waals surface area (Å²) < 4.78 is 28.8. The fourth-order valence-electron chi connectivity index (χ4n) is 2.27. The van der Waals surface area contributed by atoms with Crippen LogP contribution < -0.4 is 5.32 Å². The first-order valence-corrected chi connectivity index (χ1v) is 11.3. The van der Waals surface area contributed by atoms with E-state index in [1.165, 1.54) is 7.11 Å². The summed E-state index contributed by atoms with van der Waals surface area (Å²) in [5.74, 6) is -1.37. The van der Waals surface area contributed by atoms with Crippen LogP contribution in [-0.4, -0.2) is 43.2 Å². The van der Waals surface area contributed by atoms with E-state index in [2.05, 4.69) is 5.32 Å². The normalized spacial score (nSPS) is 13.9. The maximum absolute atomic E-state index is 13.3. The van der Waals surface area contributed by atoms with Gasteiger partial charge in [0.15, 0.2) is 4.99 Å². The predicted octanol–water partition coefficient (Wildman–Crippen LogP) is 3.68. The van der Waals surface area contributed by atoms with E-state index in [0.717, 1.165) is 16.7 Å². The molecule has 9 heteroatoms. The van der Waals surface area contributed by atoms with Crippen LogP contribution in [0.1, 0.15) is 27.7 Å². The van der Waals surface area contributed by atoms with Crippen LogP contribution in [0.5, 0.6) is 0 Å². The molecule has 1 amide bonds. The number of hydrogen-bond acceptors (Lipinski definition) is 7. The highest BCUT2D eigenvalue weighted by atomic mass is 32.2. The van der Waals surface area contributed by atoms with E-state index in [0.29, 0.717) is 0 Å². The van der Waals surface area contributed by atoms with Gasteiger partial charge in [0.25, 0.3) is 0 Å². The second-order valence-corrected chi connectivity index (χ2v) is 9.55. The molecule has 0 aliphatic carbocycles. The summed E-state index contributed by atoms with van der Waals surface area (Å²) in [6.45, 7) is 7.18. The van der Waals surface area contributed by atoms with Gasteiger partial charge in [-0.1, -0.05) is 43.8 Å². The molecule has 0 radical (unpaired) electrons. The third kappa shape index (κ3) is 6.96. The summed E-state index contributed by atoms with van der Waals surface area (Å²) in [5.41, 5.74) is 0. The molecule has 0 aromatic heterocycles. The van der Waals surface area contributed by atoms with Gasteiger partial charge in [-0.15, -0.1) is 0 Å². The van der Waals surface area contributed by atoms with E-state index in [1.807, 2.05) is 18.2 Å². The van der Waals surface area contributed by atoms with Gasteiger partial charge in [-0.25, -0.2) is 4.79 Å². The van der Waals surface area contributed by atoms with Crippen LogP contribution in [0.4, 0.5) is 0 Å². The summed E-state index contributed by atoms with van der Waals surface area (Å²) in [6.07, 6.45) is 0. The largest absolute Gasteiger partial charge is 0.467 e. The number of thioether (sulfide) groups is 1. The van der Waals surface area contributed by atoms with Gasteiger partial charge in [0.2, 0.25) is 5.91 Å². The number of methoxy groups -OCH3 is 1. The number of nitrogens with one attached hydrogen (secondary N) is 1. The Balaban J connectivity index is 3.20. The van der Waals surface area contributed by atoms with Gasteiger partial charge in [-0.2, -0.15) is 0 Å². The minimum absolute atomic E-state index is 0.126. The molecular formula is C18H28NO6PS. The maximum Gasteiger partial charge on any atom is 0.353 e. The Morgan fingerprint density at radius 3 is 2.11 bits per heavy atom. The third-order valence-corrected chi connectivity index (χ3v) is 7.66. The predicted molar refractivity (Wildman–Crippen MR) is 106 cm³/mol. The minimum atomic E-state index is -3.78. The fourth-order valence-corrected chi connectivity index (χ4v) is 5.69. The number of benzene rings is 1. The molecule has 0 saturated heterocycles. The lowest BCUT2D eigenvalue weighted by atomic mass is 10.0. The molecule has 0 bridgehead atoms. The number of carbonyl (C=O) groups excluding carboxylic acids is 2. The van der Waals surface area contributed by atoms with Gasteiger partial charge < -0.3 is 19.1 Å². The first-order valence-electron chi connectivity index (χ1n) is 8.77. The van der Waals surface area contributed by atoms with Crippen molar-refractivity contribution in [1.29, 1.82) is 0 Å². The lowest BCUT2D eigenvalue weighted by Crippen LogP contribution is -2.48. The monoisotopic (exact) mass is 417 g/mol. The summed E-state index contributed by atoms with van der Waals surface area (Å²) in [7, 11) is -2.52. The molecule has 2 atom stereocenters. The van der Waals surface area contributed by atoms with E-state index < -0.39 is 30.5 Å². The van der Waals surface area contributed by atoms with E-state index in [9.17, 15) is 14.2 Å². The second kappa shape index (κ2) is 11.5. The standard InChI is InChI=1S/C18H28NO6PS/c1-6-24-26(22,25-7-2)18(27-14-11-9-8-10-12-14)16(20)19-15(13(3)4)17(21)23-5/h8-13,15,18H,6-7H2,1-5H3,(H,19,20). The zero-order valence-corrected chi connectivity index (χ0v) is 18.0. The molecule has 27 heavy (non-hydrogen) atoms. The zero-order chi connectivity index (χ0) is 20.4. The van der Waals surface area contributed by atoms with Gasteiger partial charge in [0.05, 0.1) is 20.3 Å². The van der Waals surface area contributed by atoms with Crippen LogP contribution in [0.25, 0.3) is 0 Å². The molecular weight excluding hydrogens is 389 g/mol. The Kier molecular flexibility index (Phi) is 10.1. The average Bonchev–Trinajstić information content (AvgIpc) is 2.64. The molecule has 7 nitrogen and oxygen atoms in total. The van der Waals surface area contributed by atoms with Crippen molar-refractivity contribution >= 4 is 31.2 Å². The van der Waals surface area contributed by atoms with Crippen molar-refractivity contribution in [3.8, 4) is 0 Å². The van der Waals surface area contributed by atoms with Gasteiger partial charge in [-0.3, -0.25) is 9.36 Å². The topological polar surface area (TPSA) is 90.9 Å². The first-order chi connectivity index (χ1) is 12.8. The molecule has 0 spiro atoms. The second-order valence-electron chi connectivity index (χ2n) is 5.91. The van der Waals surface area contributed by atoms with Crippen molar-refractivity contribution in [2.45, 2.75) is 43.6 Å². The quantitative estimate of drug-likeness (QED) is 0.334. The number of rotatable bonds is 11. The lowest BCUT2D eigenvalue weighted by Gasteiger charge is -2.27. The molecule has 1 rings (SSSR count). The molecule has 1 aromatic rings. The van der Waals surface area contributed by atoms with Crippen molar-refractivity contribution in [2.75, 3.05) is 20.3 Å². The number of hydrogen-bond donors (Lipinski definition) is 1. The molecule has 152 valence electrons. The summed E-state index contributed by atoms with van der Waals surface area (Å²) in [4.78, 5) is 24.6. The summed E-state index contributed by atoms with van der Waals surface area (Å²) >= 11 is 1.08. The SMILES string of the molecule is CCOP(=O)(OCC)C(Sc1ccccc1)C(=O)NC(C(=O)OC)C(C)C. The Labute approximate surface area is 165 Å². The van der Waals surface area contributed by atoms with Crippen molar-refractivity contribution in [2.24, 2.45) is 5.92 Å². The third-order valence-electron chi connectivity index (χ3n) is 3.54. The van der Waals surface area contributed by atoms with E-state index in [1.54, 1.807) is 39.8 Å². The van der Waals surface area contributed by atoms with Crippen LogP contribution in [0.3, 0.4) is 0 Å². The highest BCUT2D eigenvalue weighted by Crippen LogP contribution is 2.58. The number of ether oxygens (including phenoxy) is 1. The van der Waals surface area contributed by atoms with Crippen molar-refractivity contribution in [3.63, 3.8) is 0 Å². The number of esters is 1. The van der Waals surface area contributed by atoms with E-state index in [-0.39, 0.29) is 19.1 Å². The Bertz CT molecular complexity index is 645. The number of carbonyl (C=O) groups is 2. The molecule has 0 heterocycles. The van der Waals surface area contributed by atoms with E-state index >= 15 is 0 Å². The summed E-state index contributed by atoms with van der Waals surface area (Å²) in [5, 5.41) is 2.64. The molecule has 0 aliphatic rings. The van der Waals surface area contributed by atoms with Gasteiger partial charge in [0, 0.05) is 4.90 Å². The van der Waals surface area contributed by atoms with Crippen molar-refractivity contribution in [3.05, 3.63) is 30.3 Å². The Morgan fingerprint density at radius 2 is 1.67 bits per heavy atom. The fraction of sp³-hybridized carbons (Fsp3) is 0.556. The van der Waals surface area contributed by atoms with Crippen molar-refractivity contribution in [1.82, 2.24) is 5.32 Å². The zero-order valence-electron chi connectivity index (χ0n) is 16.3. The first kappa shape index (κ1) is 23.7. The minimum Gasteiger partial charge on any atom is -0.467 e. The van der Waals surface area contributed by atoms with Gasteiger partial charge in [0.1, 0.15) is 6.04 Å². The van der Waals surface area contributed by atoms with Crippen LogP contribution in [-0.2, 0) is 27.9 Å². The molecule has 2 unspecified atom stereocenters. The molecule has 0 fully saturated rings. The van der Waals surface area contributed by atoms with Crippen LogP contribution in [0.15, 0.2) is 35.2 Å². The molecule has 0 saturated carbocycles. The van der Waals surface area contributed by atoms with Gasteiger partial charge >= 0.3 is 13.6 Å². The number of amides is 1. The van der Waals surface area contributed by atoms with Crippen molar-refractivity contribution < 1.29 is 27.9 Å². The Hall–Kier alpha value is -1.34. The molecule has 1 N–H and O–H groups in total. The highest BCUT2D eigenvalue weighted by molar-refractivity contribution is 8.06. The van der Waals surface area contributed by atoms with Crippen LogP contribution in [0.2, 0.25) is 0 Å². The maximum atomic E-state index is 13.3. The average molecular weight is 417 g/mol.